The van der Waals surface area contributed by atoms with Gasteiger partial charge in [0.05, 0.1) is 24.5 Å². The van der Waals surface area contributed by atoms with Crippen molar-refractivity contribution >= 4 is 5.91 Å². The van der Waals surface area contributed by atoms with E-state index in [2.05, 4.69) is 15.1 Å². The first-order valence-electron chi connectivity index (χ1n) is 8.20. The molecule has 1 saturated heterocycles. The number of aliphatic hydroxyl groups is 1. The summed E-state index contributed by atoms with van der Waals surface area (Å²) in [5.41, 5.74) is 7.92. The number of halogens is 1. The van der Waals surface area contributed by atoms with Crippen molar-refractivity contribution in [3.8, 4) is 11.3 Å². The highest BCUT2D eigenvalue weighted by atomic mass is 19.1. The Kier molecular flexibility index (Phi) is 5.42. The van der Waals surface area contributed by atoms with Crippen molar-refractivity contribution in [1.82, 2.24) is 20.0 Å². The molecule has 3 rings (SSSR count). The molecule has 1 fully saturated rings. The number of hydrogen-bond donors (Lipinski definition) is 3. The second-order valence-electron chi connectivity index (χ2n) is 6.37. The van der Waals surface area contributed by atoms with Gasteiger partial charge in [-0.25, -0.2) is 4.39 Å². The predicted molar refractivity (Wildman–Crippen MR) is 90.9 cm³/mol. The van der Waals surface area contributed by atoms with E-state index in [0.29, 0.717) is 32.7 Å². The molecule has 1 aromatic carbocycles. The molecule has 134 valence electrons. The number of rotatable bonds is 5. The molecule has 1 amide bonds. The largest absolute Gasteiger partial charge is 0.390 e. The third kappa shape index (κ3) is 4.62. The van der Waals surface area contributed by atoms with Crippen LogP contribution in [-0.2, 0) is 11.3 Å². The second-order valence-corrected chi connectivity index (χ2v) is 6.37. The summed E-state index contributed by atoms with van der Waals surface area (Å²) in [5, 5.41) is 17.3. The molecule has 0 saturated carbocycles. The van der Waals surface area contributed by atoms with Gasteiger partial charge in [-0.3, -0.25) is 19.7 Å². The van der Waals surface area contributed by atoms with E-state index in [-0.39, 0.29) is 12.4 Å². The average Bonchev–Trinajstić information content (AvgIpc) is 2.93. The van der Waals surface area contributed by atoms with Crippen molar-refractivity contribution in [2.75, 3.05) is 32.7 Å². The molecule has 2 aromatic rings. The van der Waals surface area contributed by atoms with Gasteiger partial charge in [-0.15, -0.1) is 0 Å². The minimum atomic E-state index is -0.553. The topological polar surface area (TPSA) is 98.5 Å². The van der Waals surface area contributed by atoms with Crippen LogP contribution in [0.5, 0.6) is 0 Å². The van der Waals surface area contributed by atoms with Gasteiger partial charge in [0.2, 0.25) is 5.91 Å². The number of aliphatic hydroxyl groups excluding tert-OH is 1. The lowest BCUT2D eigenvalue weighted by Gasteiger charge is -2.21. The number of nitrogens with one attached hydrogen (secondary N) is 1. The van der Waals surface area contributed by atoms with Crippen LogP contribution in [0.3, 0.4) is 0 Å². The summed E-state index contributed by atoms with van der Waals surface area (Å²) in [6.07, 6.45) is 1.19. The van der Waals surface area contributed by atoms with E-state index in [9.17, 15) is 14.3 Å². The quantitative estimate of drug-likeness (QED) is 0.717. The molecule has 0 unspecified atom stereocenters. The fourth-order valence-electron chi connectivity index (χ4n) is 3.17. The molecule has 8 heteroatoms. The van der Waals surface area contributed by atoms with Crippen LogP contribution in [0.1, 0.15) is 5.56 Å². The van der Waals surface area contributed by atoms with Crippen LogP contribution in [0.2, 0.25) is 0 Å². The van der Waals surface area contributed by atoms with E-state index >= 15 is 0 Å². The first kappa shape index (κ1) is 17.5. The summed E-state index contributed by atoms with van der Waals surface area (Å²) in [5.74, 6) is -0.677. The van der Waals surface area contributed by atoms with Crippen molar-refractivity contribution in [3.05, 3.63) is 41.8 Å². The van der Waals surface area contributed by atoms with Crippen LogP contribution < -0.4 is 5.73 Å². The molecule has 1 aromatic heterocycles. The highest BCUT2D eigenvalue weighted by molar-refractivity contribution is 5.75. The minimum absolute atomic E-state index is 0.150. The number of aromatic nitrogens is 2. The molecule has 7 nitrogen and oxygen atoms in total. The Morgan fingerprint density at radius 1 is 1.28 bits per heavy atom. The van der Waals surface area contributed by atoms with Crippen LogP contribution in [-0.4, -0.2) is 69.8 Å². The number of carbonyl (C=O) groups excluding carboxylic acids is 1. The summed E-state index contributed by atoms with van der Waals surface area (Å²) < 4.78 is 13.1. The Morgan fingerprint density at radius 3 is 2.68 bits per heavy atom. The number of primary amides is 1. The number of nitrogens with zero attached hydrogens (tertiary/aromatic N) is 3. The number of nitrogens with two attached hydrogens (primary N) is 1. The number of H-pyrrole nitrogens is 1. The lowest BCUT2D eigenvalue weighted by Crippen LogP contribution is -2.38. The Balaban J connectivity index is 1.69. The third-order valence-electron chi connectivity index (χ3n) is 4.29. The molecule has 1 aliphatic rings. The Morgan fingerprint density at radius 2 is 1.96 bits per heavy atom. The summed E-state index contributed by atoms with van der Waals surface area (Å²) in [6.45, 7) is 3.04. The number of hydrogen-bond acceptors (Lipinski definition) is 5. The smallest absolute Gasteiger partial charge is 0.231 e. The van der Waals surface area contributed by atoms with Gasteiger partial charge < -0.3 is 10.8 Å². The molecule has 2 heterocycles. The standard InChI is InChI=1S/C17H22FN5O2/c18-14-3-1-12(2-4-14)17-13(7-20-21-17)8-22-5-6-23(11-16(19)25)10-15(24)9-22/h1-4,7,15,24H,5-6,8-11H2,(H2,19,25)(H,20,21)/t15-/m1/s1. The maximum absolute atomic E-state index is 13.1. The van der Waals surface area contributed by atoms with Crippen molar-refractivity contribution in [3.63, 3.8) is 0 Å². The van der Waals surface area contributed by atoms with E-state index in [1.807, 2.05) is 4.90 Å². The van der Waals surface area contributed by atoms with Gasteiger partial charge in [-0.1, -0.05) is 0 Å². The maximum Gasteiger partial charge on any atom is 0.231 e. The van der Waals surface area contributed by atoms with Crippen molar-refractivity contribution in [1.29, 1.82) is 0 Å². The van der Waals surface area contributed by atoms with Gasteiger partial charge in [-0.05, 0) is 24.3 Å². The van der Waals surface area contributed by atoms with Crippen molar-refractivity contribution < 1.29 is 14.3 Å². The Bertz CT molecular complexity index is 718. The number of carbonyl (C=O) groups is 1. The zero-order valence-corrected chi connectivity index (χ0v) is 13.9. The highest BCUT2D eigenvalue weighted by Crippen LogP contribution is 2.23. The molecule has 0 aliphatic carbocycles. The van der Waals surface area contributed by atoms with Gasteiger partial charge >= 0.3 is 0 Å². The van der Waals surface area contributed by atoms with E-state index in [1.165, 1.54) is 12.1 Å². The maximum atomic E-state index is 13.1. The van der Waals surface area contributed by atoms with Crippen LogP contribution in [0, 0.1) is 5.82 Å². The first-order chi connectivity index (χ1) is 12.0. The number of β-amino-alcohol motifs (C(OH)–C–C–N with tert-alkyl or cyclic N) is 1. The van der Waals surface area contributed by atoms with Crippen molar-refractivity contribution in [2.24, 2.45) is 5.73 Å². The summed E-state index contributed by atoms with van der Waals surface area (Å²) in [4.78, 5) is 15.1. The number of benzene rings is 1. The van der Waals surface area contributed by atoms with Crippen LogP contribution in [0.15, 0.2) is 30.5 Å². The third-order valence-corrected chi connectivity index (χ3v) is 4.29. The Hall–Kier alpha value is -2.29. The molecule has 0 radical (unpaired) electrons. The number of amides is 1. The Labute approximate surface area is 145 Å². The van der Waals surface area contributed by atoms with Gasteiger partial charge in [0.1, 0.15) is 5.82 Å². The van der Waals surface area contributed by atoms with Gasteiger partial charge in [0, 0.05) is 43.9 Å². The molecular weight excluding hydrogens is 325 g/mol. The molecular formula is C17H22FN5O2. The summed E-state index contributed by atoms with van der Waals surface area (Å²) in [6, 6.07) is 6.24. The SMILES string of the molecule is NC(=O)CN1CCN(Cc2cn[nH]c2-c2ccc(F)cc2)C[C@@H](O)C1. The van der Waals surface area contributed by atoms with Gasteiger partial charge in [0.25, 0.3) is 0 Å². The molecule has 0 spiro atoms. The molecule has 4 N–H and O–H groups in total. The van der Waals surface area contributed by atoms with E-state index in [4.69, 9.17) is 5.73 Å². The molecule has 0 bridgehead atoms. The minimum Gasteiger partial charge on any atom is -0.390 e. The van der Waals surface area contributed by atoms with Gasteiger partial charge in [0.15, 0.2) is 0 Å². The van der Waals surface area contributed by atoms with E-state index in [1.54, 1.807) is 18.3 Å². The highest BCUT2D eigenvalue weighted by Gasteiger charge is 2.23. The molecule has 1 atom stereocenters. The molecule has 1 aliphatic heterocycles. The summed E-state index contributed by atoms with van der Waals surface area (Å²) in [7, 11) is 0. The first-order valence-corrected chi connectivity index (χ1v) is 8.20. The summed E-state index contributed by atoms with van der Waals surface area (Å²) >= 11 is 0. The monoisotopic (exact) mass is 347 g/mol. The van der Waals surface area contributed by atoms with Crippen molar-refractivity contribution in [2.45, 2.75) is 12.6 Å². The predicted octanol–water partition coefficient (Wildman–Crippen LogP) is 0.180. The lowest BCUT2D eigenvalue weighted by atomic mass is 10.1. The zero-order chi connectivity index (χ0) is 17.8. The van der Waals surface area contributed by atoms with E-state index < -0.39 is 12.0 Å². The fraction of sp³-hybridized carbons (Fsp3) is 0.412. The van der Waals surface area contributed by atoms with Gasteiger partial charge in [-0.2, -0.15) is 5.10 Å². The van der Waals surface area contributed by atoms with Crippen LogP contribution >= 0.6 is 0 Å². The fourth-order valence-corrected chi connectivity index (χ4v) is 3.17. The zero-order valence-electron chi connectivity index (χ0n) is 13.9. The second kappa shape index (κ2) is 7.73. The van der Waals surface area contributed by atoms with Crippen LogP contribution in [0.25, 0.3) is 11.3 Å². The van der Waals surface area contributed by atoms with Crippen LogP contribution in [0.4, 0.5) is 4.39 Å². The molecule has 25 heavy (non-hydrogen) atoms. The van der Waals surface area contributed by atoms with E-state index in [0.717, 1.165) is 16.8 Å². The lowest BCUT2D eigenvalue weighted by molar-refractivity contribution is -0.119. The normalized spacial score (nSPS) is 19.7. The number of aromatic amines is 1. The average molecular weight is 347 g/mol.